The van der Waals surface area contributed by atoms with Crippen molar-refractivity contribution in [3.05, 3.63) is 84.2 Å². The highest BCUT2D eigenvalue weighted by molar-refractivity contribution is 5.78. The summed E-state index contributed by atoms with van der Waals surface area (Å²) >= 11 is 0. The Balaban J connectivity index is 1.70. The minimum absolute atomic E-state index is 0.0898. The van der Waals surface area contributed by atoms with Gasteiger partial charge in [0.1, 0.15) is 11.5 Å². The summed E-state index contributed by atoms with van der Waals surface area (Å²) in [6, 6.07) is 17.8. The molecular weight excluding hydrogens is 340 g/mol. The molecule has 1 amide bonds. The molecule has 5 heteroatoms. The van der Waals surface area contributed by atoms with Crippen molar-refractivity contribution in [2.75, 3.05) is 6.54 Å². The van der Waals surface area contributed by atoms with Gasteiger partial charge in [0.15, 0.2) is 0 Å². The summed E-state index contributed by atoms with van der Waals surface area (Å²) in [4.78, 5) is 17.0. The standard InChI is InChI=1S/C22H26N2O3/c1-18(2)24(14-19-8-4-3-5-9-19)22(25)17-23(15-20-10-6-12-26-20)16-21-11-7-13-27-21/h3-13,18H,14-17H2,1-2H3. The Labute approximate surface area is 160 Å². The van der Waals surface area contributed by atoms with Crippen LogP contribution in [0.25, 0.3) is 0 Å². The monoisotopic (exact) mass is 366 g/mol. The smallest absolute Gasteiger partial charge is 0.237 e. The third-order valence-corrected chi connectivity index (χ3v) is 4.42. The number of hydrogen-bond acceptors (Lipinski definition) is 4. The Hall–Kier alpha value is -2.79. The maximum atomic E-state index is 13.1. The fraction of sp³-hybridized carbons (Fsp3) is 0.318. The number of amides is 1. The molecule has 0 aliphatic rings. The van der Waals surface area contributed by atoms with Crippen LogP contribution in [0.4, 0.5) is 0 Å². The predicted octanol–water partition coefficient (Wildman–Crippen LogP) is 4.31. The van der Waals surface area contributed by atoms with Gasteiger partial charge in [-0.2, -0.15) is 0 Å². The summed E-state index contributed by atoms with van der Waals surface area (Å²) in [7, 11) is 0. The normalized spacial score (nSPS) is 11.3. The van der Waals surface area contributed by atoms with Crippen molar-refractivity contribution in [3.63, 3.8) is 0 Å². The van der Waals surface area contributed by atoms with Crippen LogP contribution in [-0.4, -0.2) is 28.3 Å². The van der Waals surface area contributed by atoms with E-state index in [9.17, 15) is 4.79 Å². The van der Waals surface area contributed by atoms with Crippen molar-refractivity contribution in [1.29, 1.82) is 0 Å². The van der Waals surface area contributed by atoms with Gasteiger partial charge >= 0.3 is 0 Å². The van der Waals surface area contributed by atoms with E-state index in [1.54, 1.807) is 12.5 Å². The molecule has 0 radical (unpaired) electrons. The van der Waals surface area contributed by atoms with Gasteiger partial charge in [0.05, 0.1) is 32.2 Å². The summed E-state index contributed by atoms with van der Waals surface area (Å²) in [5.74, 6) is 1.74. The molecule has 0 bridgehead atoms. The van der Waals surface area contributed by atoms with Crippen LogP contribution in [0.3, 0.4) is 0 Å². The molecule has 0 aliphatic heterocycles. The van der Waals surface area contributed by atoms with Crippen molar-refractivity contribution in [3.8, 4) is 0 Å². The Morgan fingerprint density at radius 1 is 0.852 bits per heavy atom. The average Bonchev–Trinajstić information content (AvgIpc) is 3.34. The number of carbonyl (C=O) groups is 1. The van der Waals surface area contributed by atoms with Gasteiger partial charge in [-0.3, -0.25) is 9.69 Å². The lowest BCUT2D eigenvalue weighted by Crippen LogP contribution is -2.43. The average molecular weight is 366 g/mol. The predicted molar refractivity (Wildman–Crippen MR) is 104 cm³/mol. The number of furan rings is 2. The zero-order chi connectivity index (χ0) is 19.1. The minimum Gasteiger partial charge on any atom is -0.468 e. The maximum absolute atomic E-state index is 13.1. The van der Waals surface area contributed by atoms with Crippen LogP contribution in [0.15, 0.2) is 76.0 Å². The largest absolute Gasteiger partial charge is 0.468 e. The molecule has 1 aromatic carbocycles. The molecule has 0 aliphatic carbocycles. The molecule has 27 heavy (non-hydrogen) atoms. The molecule has 0 saturated carbocycles. The van der Waals surface area contributed by atoms with Crippen LogP contribution in [0.5, 0.6) is 0 Å². The summed E-state index contributed by atoms with van der Waals surface area (Å²) in [5, 5.41) is 0. The van der Waals surface area contributed by atoms with E-state index < -0.39 is 0 Å². The molecule has 0 atom stereocenters. The van der Waals surface area contributed by atoms with E-state index in [1.807, 2.05) is 78.2 Å². The van der Waals surface area contributed by atoms with Crippen LogP contribution < -0.4 is 0 Å². The van der Waals surface area contributed by atoms with Gasteiger partial charge in [0, 0.05) is 12.6 Å². The number of nitrogens with zero attached hydrogens (tertiary/aromatic N) is 2. The molecule has 0 unspecified atom stereocenters. The van der Waals surface area contributed by atoms with Crippen LogP contribution in [0.2, 0.25) is 0 Å². The van der Waals surface area contributed by atoms with Gasteiger partial charge in [-0.05, 0) is 43.7 Å². The van der Waals surface area contributed by atoms with Gasteiger partial charge < -0.3 is 13.7 Å². The summed E-state index contributed by atoms with van der Waals surface area (Å²) in [6.07, 6.45) is 3.30. The Bertz CT molecular complexity index is 759. The van der Waals surface area contributed by atoms with E-state index in [0.29, 0.717) is 26.2 Å². The zero-order valence-electron chi connectivity index (χ0n) is 15.9. The van der Waals surface area contributed by atoms with Crippen molar-refractivity contribution < 1.29 is 13.6 Å². The highest BCUT2D eigenvalue weighted by atomic mass is 16.3. The first-order valence-corrected chi connectivity index (χ1v) is 9.22. The van der Waals surface area contributed by atoms with Crippen LogP contribution in [0, 0.1) is 0 Å². The lowest BCUT2D eigenvalue weighted by Gasteiger charge is -2.30. The molecule has 5 nitrogen and oxygen atoms in total. The molecule has 3 rings (SSSR count). The third-order valence-electron chi connectivity index (χ3n) is 4.42. The number of benzene rings is 1. The summed E-state index contributed by atoms with van der Waals surface area (Å²) in [6.45, 7) is 6.10. The van der Waals surface area contributed by atoms with Crippen LogP contribution in [0.1, 0.15) is 30.9 Å². The molecule has 0 fully saturated rings. The van der Waals surface area contributed by atoms with Gasteiger partial charge in [0.25, 0.3) is 0 Å². The maximum Gasteiger partial charge on any atom is 0.237 e. The van der Waals surface area contributed by atoms with Crippen molar-refractivity contribution in [1.82, 2.24) is 9.80 Å². The summed E-state index contributed by atoms with van der Waals surface area (Å²) < 4.78 is 10.9. The molecule has 0 saturated heterocycles. The fourth-order valence-corrected chi connectivity index (χ4v) is 3.03. The van der Waals surface area contributed by atoms with E-state index >= 15 is 0 Å². The third kappa shape index (κ3) is 5.59. The van der Waals surface area contributed by atoms with E-state index in [4.69, 9.17) is 8.83 Å². The Kier molecular flexibility index (Phi) is 6.49. The van der Waals surface area contributed by atoms with Crippen LogP contribution in [-0.2, 0) is 24.4 Å². The molecule has 0 N–H and O–H groups in total. The van der Waals surface area contributed by atoms with E-state index in [1.165, 1.54) is 0 Å². The fourth-order valence-electron chi connectivity index (χ4n) is 3.03. The quantitative estimate of drug-likeness (QED) is 0.566. The zero-order valence-corrected chi connectivity index (χ0v) is 15.9. The first kappa shape index (κ1) is 19.0. The summed E-state index contributed by atoms with van der Waals surface area (Å²) in [5.41, 5.74) is 1.13. The molecule has 2 aromatic heterocycles. The Morgan fingerprint density at radius 3 is 1.93 bits per heavy atom. The number of hydrogen-bond donors (Lipinski definition) is 0. The van der Waals surface area contributed by atoms with E-state index in [0.717, 1.165) is 17.1 Å². The molecular formula is C22H26N2O3. The van der Waals surface area contributed by atoms with Gasteiger partial charge in [-0.1, -0.05) is 30.3 Å². The van der Waals surface area contributed by atoms with Crippen molar-refractivity contribution in [2.45, 2.75) is 39.5 Å². The molecule has 3 aromatic rings. The second-order valence-electron chi connectivity index (χ2n) is 6.90. The molecule has 0 spiro atoms. The number of rotatable bonds is 9. The van der Waals surface area contributed by atoms with Crippen LogP contribution >= 0.6 is 0 Å². The van der Waals surface area contributed by atoms with E-state index in [-0.39, 0.29) is 11.9 Å². The van der Waals surface area contributed by atoms with Crippen molar-refractivity contribution >= 4 is 5.91 Å². The minimum atomic E-state index is 0.0898. The topological polar surface area (TPSA) is 49.8 Å². The highest BCUT2D eigenvalue weighted by Crippen LogP contribution is 2.14. The van der Waals surface area contributed by atoms with Crippen molar-refractivity contribution in [2.24, 2.45) is 0 Å². The number of carbonyl (C=O) groups excluding carboxylic acids is 1. The lowest BCUT2D eigenvalue weighted by atomic mass is 10.2. The van der Waals surface area contributed by atoms with Gasteiger partial charge in [-0.25, -0.2) is 0 Å². The Morgan fingerprint density at radius 2 is 1.44 bits per heavy atom. The SMILES string of the molecule is CC(C)N(Cc1ccccc1)C(=O)CN(Cc1ccco1)Cc1ccco1. The second-order valence-corrected chi connectivity index (χ2v) is 6.90. The second kappa shape index (κ2) is 9.24. The molecule has 2 heterocycles. The first-order chi connectivity index (χ1) is 13.1. The van der Waals surface area contributed by atoms with E-state index in [2.05, 4.69) is 0 Å². The van der Waals surface area contributed by atoms with Gasteiger partial charge in [-0.15, -0.1) is 0 Å². The first-order valence-electron chi connectivity index (χ1n) is 9.22. The highest BCUT2D eigenvalue weighted by Gasteiger charge is 2.21. The molecule has 142 valence electrons. The lowest BCUT2D eigenvalue weighted by molar-refractivity contribution is -0.135. The van der Waals surface area contributed by atoms with Gasteiger partial charge in [0.2, 0.25) is 5.91 Å².